The van der Waals surface area contributed by atoms with Crippen molar-refractivity contribution < 1.29 is 14.3 Å². The minimum Gasteiger partial charge on any atom is -0.473 e. The third-order valence-electron chi connectivity index (χ3n) is 2.77. The number of aryl methyl sites for hydroxylation is 1. The number of esters is 1. The summed E-state index contributed by atoms with van der Waals surface area (Å²) in [5.74, 6) is 0.149. The first-order chi connectivity index (χ1) is 8.20. The van der Waals surface area contributed by atoms with Crippen molar-refractivity contribution in [3.63, 3.8) is 0 Å². The Morgan fingerprint density at radius 2 is 2.47 bits per heavy atom. The molecule has 17 heavy (non-hydrogen) atoms. The molecule has 2 heterocycles. The van der Waals surface area contributed by atoms with Crippen LogP contribution in [-0.4, -0.2) is 42.1 Å². The maximum atomic E-state index is 11.3. The van der Waals surface area contributed by atoms with Crippen molar-refractivity contribution in [2.45, 2.75) is 18.9 Å². The summed E-state index contributed by atoms with van der Waals surface area (Å²) in [7, 11) is 3.08. The molecule has 0 amide bonds. The van der Waals surface area contributed by atoms with Crippen LogP contribution in [0.3, 0.4) is 0 Å². The van der Waals surface area contributed by atoms with Gasteiger partial charge in [0.15, 0.2) is 5.69 Å². The average Bonchev–Trinajstić information content (AvgIpc) is 2.71. The molecule has 1 unspecified atom stereocenters. The second-order valence-electron chi connectivity index (χ2n) is 4.07. The van der Waals surface area contributed by atoms with Gasteiger partial charge < -0.3 is 14.8 Å². The van der Waals surface area contributed by atoms with Crippen LogP contribution in [0, 0.1) is 0 Å². The Balaban J connectivity index is 2.04. The number of piperidine rings is 1. The van der Waals surface area contributed by atoms with Crippen LogP contribution >= 0.6 is 0 Å². The molecule has 6 nitrogen and oxygen atoms in total. The third-order valence-corrected chi connectivity index (χ3v) is 2.77. The van der Waals surface area contributed by atoms with Crippen molar-refractivity contribution >= 4 is 5.97 Å². The van der Waals surface area contributed by atoms with Crippen molar-refractivity contribution in [2.75, 3.05) is 20.2 Å². The Morgan fingerprint density at radius 3 is 3.12 bits per heavy atom. The second kappa shape index (κ2) is 5.18. The number of aromatic nitrogens is 2. The lowest BCUT2D eigenvalue weighted by atomic mass is 10.1. The van der Waals surface area contributed by atoms with Gasteiger partial charge in [0.1, 0.15) is 6.10 Å². The van der Waals surface area contributed by atoms with E-state index in [-0.39, 0.29) is 11.8 Å². The molecule has 0 bridgehead atoms. The van der Waals surface area contributed by atoms with Crippen LogP contribution in [0.5, 0.6) is 5.88 Å². The normalized spacial score (nSPS) is 20.0. The van der Waals surface area contributed by atoms with Crippen LogP contribution in [0.1, 0.15) is 23.3 Å². The zero-order chi connectivity index (χ0) is 12.3. The quantitative estimate of drug-likeness (QED) is 0.770. The van der Waals surface area contributed by atoms with Gasteiger partial charge in [-0.15, -0.1) is 0 Å². The lowest BCUT2D eigenvalue weighted by Crippen LogP contribution is -2.37. The van der Waals surface area contributed by atoms with E-state index in [9.17, 15) is 4.79 Å². The lowest BCUT2D eigenvalue weighted by Gasteiger charge is -2.23. The molecule has 0 radical (unpaired) electrons. The van der Waals surface area contributed by atoms with Gasteiger partial charge in [-0.05, 0) is 19.4 Å². The van der Waals surface area contributed by atoms with Crippen molar-refractivity contribution in [2.24, 2.45) is 7.05 Å². The summed E-state index contributed by atoms with van der Waals surface area (Å²) in [4.78, 5) is 11.3. The zero-order valence-electron chi connectivity index (χ0n) is 10.1. The van der Waals surface area contributed by atoms with Crippen molar-refractivity contribution in [1.29, 1.82) is 0 Å². The number of carbonyl (C=O) groups is 1. The number of nitrogens with zero attached hydrogens (tertiary/aromatic N) is 2. The first-order valence-electron chi connectivity index (χ1n) is 5.70. The highest BCUT2D eigenvalue weighted by Gasteiger charge is 2.19. The van der Waals surface area contributed by atoms with E-state index in [0.717, 1.165) is 25.9 Å². The van der Waals surface area contributed by atoms with E-state index in [2.05, 4.69) is 15.2 Å². The van der Waals surface area contributed by atoms with Gasteiger partial charge >= 0.3 is 5.97 Å². The molecule has 0 saturated carbocycles. The molecule has 2 rings (SSSR count). The smallest absolute Gasteiger partial charge is 0.358 e. The summed E-state index contributed by atoms with van der Waals surface area (Å²) in [6.07, 6.45) is 2.27. The summed E-state index contributed by atoms with van der Waals surface area (Å²) in [6, 6.07) is 1.61. The molecule has 0 spiro atoms. The van der Waals surface area contributed by atoms with Gasteiger partial charge in [0, 0.05) is 19.7 Å². The van der Waals surface area contributed by atoms with Crippen molar-refractivity contribution in [3.8, 4) is 5.88 Å². The molecule has 1 aromatic heterocycles. The van der Waals surface area contributed by atoms with Gasteiger partial charge in [-0.3, -0.25) is 0 Å². The second-order valence-corrected chi connectivity index (χ2v) is 4.07. The Hall–Kier alpha value is -1.56. The number of carbonyl (C=O) groups excluding carboxylic acids is 1. The van der Waals surface area contributed by atoms with Crippen LogP contribution in [-0.2, 0) is 11.8 Å². The Labute approximate surface area is 99.9 Å². The van der Waals surface area contributed by atoms with Crippen LogP contribution in [0.2, 0.25) is 0 Å². The molecule has 1 aromatic rings. The summed E-state index contributed by atoms with van der Waals surface area (Å²) in [5, 5.41) is 7.31. The number of nitrogens with one attached hydrogen (secondary N) is 1. The first-order valence-corrected chi connectivity index (χ1v) is 5.70. The minimum atomic E-state index is -0.447. The lowest BCUT2D eigenvalue weighted by molar-refractivity contribution is 0.0593. The average molecular weight is 239 g/mol. The maximum absolute atomic E-state index is 11.3. The standard InChI is InChI=1S/C11H17N3O3/c1-14-10(6-9(13-14)11(15)16-2)17-8-4-3-5-12-7-8/h6,8,12H,3-5,7H2,1-2H3. The van der Waals surface area contributed by atoms with Gasteiger partial charge in [0.05, 0.1) is 7.11 Å². The fraction of sp³-hybridized carbons (Fsp3) is 0.636. The molecule has 1 saturated heterocycles. The van der Waals surface area contributed by atoms with Gasteiger partial charge in [-0.2, -0.15) is 5.10 Å². The largest absolute Gasteiger partial charge is 0.473 e. The Kier molecular flexibility index (Phi) is 3.63. The number of hydrogen-bond acceptors (Lipinski definition) is 5. The van der Waals surface area contributed by atoms with E-state index in [4.69, 9.17) is 4.74 Å². The number of ether oxygens (including phenoxy) is 2. The Bertz CT molecular complexity index is 397. The monoisotopic (exact) mass is 239 g/mol. The van der Waals surface area contributed by atoms with E-state index in [1.54, 1.807) is 17.8 Å². The third kappa shape index (κ3) is 2.76. The predicted molar refractivity (Wildman–Crippen MR) is 61.1 cm³/mol. The highest BCUT2D eigenvalue weighted by molar-refractivity contribution is 5.87. The van der Waals surface area contributed by atoms with E-state index < -0.39 is 5.97 Å². The molecule has 0 aliphatic carbocycles. The van der Waals surface area contributed by atoms with Crippen LogP contribution < -0.4 is 10.1 Å². The highest BCUT2D eigenvalue weighted by atomic mass is 16.5. The number of rotatable bonds is 3. The summed E-state index contributed by atoms with van der Waals surface area (Å²) >= 11 is 0. The fourth-order valence-electron chi connectivity index (χ4n) is 1.86. The van der Waals surface area contributed by atoms with Crippen molar-refractivity contribution in [1.82, 2.24) is 15.1 Å². The first kappa shape index (κ1) is 11.9. The van der Waals surface area contributed by atoms with E-state index in [1.807, 2.05) is 0 Å². The van der Waals surface area contributed by atoms with Crippen molar-refractivity contribution in [3.05, 3.63) is 11.8 Å². The Morgan fingerprint density at radius 1 is 1.65 bits per heavy atom. The van der Waals surface area contributed by atoms with Gasteiger partial charge in [-0.25, -0.2) is 9.48 Å². The summed E-state index contributed by atoms with van der Waals surface area (Å²) in [5.41, 5.74) is 0.272. The van der Waals surface area contributed by atoms with E-state index in [1.165, 1.54) is 7.11 Å². The summed E-state index contributed by atoms with van der Waals surface area (Å²) in [6.45, 7) is 1.87. The molecule has 1 atom stereocenters. The number of hydrogen-bond donors (Lipinski definition) is 1. The van der Waals surface area contributed by atoms with Crippen LogP contribution in [0.15, 0.2) is 6.07 Å². The molecule has 1 fully saturated rings. The number of methoxy groups -OCH3 is 1. The van der Waals surface area contributed by atoms with Gasteiger partial charge in [0.2, 0.25) is 5.88 Å². The topological polar surface area (TPSA) is 65.4 Å². The van der Waals surface area contributed by atoms with Crippen LogP contribution in [0.25, 0.3) is 0 Å². The molecular formula is C11H17N3O3. The molecule has 0 aromatic carbocycles. The predicted octanol–water partition coefficient (Wildman–Crippen LogP) is 0.337. The fourth-order valence-corrected chi connectivity index (χ4v) is 1.86. The molecule has 1 N–H and O–H groups in total. The molecule has 1 aliphatic heterocycles. The molecule has 6 heteroatoms. The van der Waals surface area contributed by atoms with E-state index >= 15 is 0 Å². The van der Waals surface area contributed by atoms with Gasteiger partial charge in [-0.1, -0.05) is 0 Å². The van der Waals surface area contributed by atoms with Gasteiger partial charge in [0.25, 0.3) is 0 Å². The van der Waals surface area contributed by atoms with Crippen LogP contribution in [0.4, 0.5) is 0 Å². The molecule has 94 valence electrons. The maximum Gasteiger partial charge on any atom is 0.358 e. The SMILES string of the molecule is COC(=O)c1cc(OC2CCCNC2)n(C)n1. The minimum absolute atomic E-state index is 0.143. The molecular weight excluding hydrogens is 222 g/mol. The molecule has 1 aliphatic rings. The highest BCUT2D eigenvalue weighted by Crippen LogP contribution is 2.17. The van der Waals surface area contributed by atoms with E-state index in [0.29, 0.717) is 5.88 Å². The summed E-state index contributed by atoms with van der Waals surface area (Å²) < 4.78 is 12.0. The zero-order valence-corrected chi connectivity index (χ0v) is 10.1.